The summed E-state index contributed by atoms with van der Waals surface area (Å²) in [6.45, 7) is 5.61. The van der Waals surface area contributed by atoms with Crippen LogP contribution < -0.4 is 15.4 Å². The van der Waals surface area contributed by atoms with Crippen molar-refractivity contribution >= 4 is 23.6 Å². The Morgan fingerprint density at radius 2 is 2.04 bits per heavy atom. The minimum atomic E-state index is -0.768. The molecule has 24 heavy (non-hydrogen) atoms. The van der Waals surface area contributed by atoms with Gasteiger partial charge in [-0.15, -0.1) is 0 Å². The van der Waals surface area contributed by atoms with Crippen LogP contribution in [0.5, 0.6) is 11.5 Å². The second-order valence-corrected chi connectivity index (χ2v) is 5.48. The minimum Gasteiger partial charge on any atom is -0.503 e. The van der Waals surface area contributed by atoms with Crippen LogP contribution in [0.3, 0.4) is 0 Å². The van der Waals surface area contributed by atoms with Gasteiger partial charge >= 0.3 is 12.0 Å². The number of nitrogens with one attached hydrogen (secondary N) is 2. The molecule has 2 rings (SSSR count). The molecule has 1 unspecified atom stereocenters. The number of phenolic OH excluding ortho intramolecular Hbond substituents is 1. The van der Waals surface area contributed by atoms with Crippen molar-refractivity contribution in [2.75, 3.05) is 13.2 Å². The van der Waals surface area contributed by atoms with Gasteiger partial charge < -0.3 is 25.2 Å². The third-order valence-corrected chi connectivity index (χ3v) is 3.74. The molecule has 2 amide bonds. The summed E-state index contributed by atoms with van der Waals surface area (Å²) in [6.07, 6.45) is 0. The normalized spacial score (nSPS) is 17.2. The molecule has 7 nitrogen and oxygen atoms in total. The molecule has 130 valence electrons. The maximum atomic E-state index is 12.3. The van der Waals surface area contributed by atoms with Gasteiger partial charge in [0.05, 0.1) is 29.9 Å². The quantitative estimate of drug-likeness (QED) is 0.706. The summed E-state index contributed by atoms with van der Waals surface area (Å²) in [5, 5.41) is 15.2. The van der Waals surface area contributed by atoms with Gasteiger partial charge in [0.15, 0.2) is 11.5 Å². The summed E-state index contributed by atoms with van der Waals surface area (Å²) < 4.78 is 10.4. The van der Waals surface area contributed by atoms with Gasteiger partial charge in [0.1, 0.15) is 0 Å². The van der Waals surface area contributed by atoms with E-state index in [-0.39, 0.29) is 28.7 Å². The van der Waals surface area contributed by atoms with Crippen molar-refractivity contribution in [3.8, 4) is 11.5 Å². The zero-order valence-electron chi connectivity index (χ0n) is 13.6. The molecule has 0 aromatic heterocycles. The van der Waals surface area contributed by atoms with Crippen LogP contribution in [-0.4, -0.2) is 30.3 Å². The average molecular weight is 355 g/mol. The second-order valence-electron chi connectivity index (χ2n) is 5.07. The number of benzene rings is 1. The fraction of sp³-hybridized carbons (Fsp3) is 0.375. The van der Waals surface area contributed by atoms with E-state index in [9.17, 15) is 14.7 Å². The Morgan fingerprint density at radius 1 is 1.33 bits per heavy atom. The molecule has 0 bridgehead atoms. The molecular weight excluding hydrogens is 336 g/mol. The first kappa shape index (κ1) is 17.9. The molecule has 1 aromatic rings. The highest BCUT2D eigenvalue weighted by atomic mass is 35.5. The minimum absolute atomic E-state index is 0.0598. The summed E-state index contributed by atoms with van der Waals surface area (Å²) >= 11 is 6.04. The van der Waals surface area contributed by atoms with Gasteiger partial charge in [-0.25, -0.2) is 9.59 Å². The van der Waals surface area contributed by atoms with E-state index < -0.39 is 18.0 Å². The van der Waals surface area contributed by atoms with Crippen molar-refractivity contribution in [1.29, 1.82) is 0 Å². The SMILES string of the molecule is CCOC(=O)C1=C(C)NC(=O)NC1c1cc(Cl)c(O)c(OCC)c1. The first-order chi connectivity index (χ1) is 11.4. The topological polar surface area (TPSA) is 96.9 Å². The zero-order chi connectivity index (χ0) is 17.9. The van der Waals surface area contributed by atoms with E-state index in [2.05, 4.69) is 10.6 Å². The molecule has 1 heterocycles. The fourth-order valence-corrected chi connectivity index (χ4v) is 2.67. The first-order valence-corrected chi connectivity index (χ1v) is 7.87. The lowest BCUT2D eigenvalue weighted by Crippen LogP contribution is -2.45. The molecule has 0 saturated carbocycles. The predicted octanol–water partition coefficient (Wildman–Crippen LogP) is 2.64. The van der Waals surface area contributed by atoms with Crippen LogP contribution in [0.25, 0.3) is 0 Å². The van der Waals surface area contributed by atoms with E-state index in [1.807, 2.05) is 0 Å². The monoisotopic (exact) mass is 354 g/mol. The third-order valence-electron chi connectivity index (χ3n) is 3.45. The molecule has 1 atom stereocenters. The second kappa shape index (κ2) is 7.44. The van der Waals surface area contributed by atoms with E-state index in [1.165, 1.54) is 12.1 Å². The smallest absolute Gasteiger partial charge is 0.338 e. The summed E-state index contributed by atoms with van der Waals surface area (Å²) in [4.78, 5) is 24.1. The number of aromatic hydroxyl groups is 1. The first-order valence-electron chi connectivity index (χ1n) is 7.49. The number of carbonyl (C=O) groups excluding carboxylic acids is 2. The van der Waals surface area contributed by atoms with Gasteiger partial charge in [-0.2, -0.15) is 0 Å². The van der Waals surface area contributed by atoms with E-state index in [4.69, 9.17) is 21.1 Å². The van der Waals surface area contributed by atoms with Crippen LogP contribution in [0.1, 0.15) is 32.4 Å². The van der Waals surface area contributed by atoms with Crippen molar-refractivity contribution in [2.24, 2.45) is 0 Å². The third kappa shape index (κ3) is 3.56. The van der Waals surface area contributed by atoms with Crippen molar-refractivity contribution in [3.05, 3.63) is 34.0 Å². The molecule has 8 heteroatoms. The van der Waals surface area contributed by atoms with Crippen LogP contribution in [0, 0.1) is 0 Å². The summed E-state index contributed by atoms with van der Waals surface area (Å²) in [5.74, 6) is -0.566. The number of allylic oxidation sites excluding steroid dienone is 1. The number of carbonyl (C=O) groups is 2. The number of esters is 1. The molecule has 0 saturated heterocycles. The number of phenols is 1. The van der Waals surface area contributed by atoms with Crippen LogP contribution in [0.4, 0.5) is 4.79 Å². The van der Waals surface area contributed by atoms with E-state index in [1.54, 1.807) is 20.8 Å². The van der Waals surface area contributed by atoms with Crippen molar-refractivity contribution in [3.63, 3.8) is 0 Å². The van der Waals surface area contributed by atoms with Crippen LogP contribution >= 0.6 is 11.6 Å². The standard InChI is InChI=1S/C16H19ClN2O5/c1-4-23-11-7-9(6-10(17)14(11)20)13-12(15(21)24-5-2)8(3)18-16(22)19-13/h6-7,13,20H,4-5H2,1-3H3,(H2,18,19,22). The Labute approximate surface area is 144 Å². The Bertz CT molecular complexity index is 702. The van der Waals surface area contributed by atoms with Gasteiger partial charge in [-0.3, -0.25) is 0 Å². The summed E-state index contributed by atoms with van der Waals surface area (Å²) in [7, 11) is 0. The lowest BCUT2D eigenvalue weighted by molar-refractivity contribution is -0.139. The highest BCUT2D eigenvalue weighted by Gasteiger charge is 2.33. The molecule has 0 fully saturated rings. The molecular formula is C16H19ClN2O5. The molecule has 0 aliphatic carbocycles. The number of hydrogen-bond donors (Lipinski definition) is 3. The molecule has 1 aliphatic heterocycles. The van der Waals surface area contributed by atoms with Gasteiger partial charge in [-0.1, -0.05) is 11.6 Å². The number of ether oxygens (including phenoxy) is 2. The number of hydrogen-bond acceptors (Lipinski definition) is 5. The maximum Gasteiger partial charge on any atom is 0.338 e. The largest absolute Gasteiger partial charge is 0.503 e. The molecule has 1 aliphatic rings. The molecule has 0 radical (unpaired) electrons. The molecule has 1 aromatic carbocycles. The number of rotatable bonds is 5. The lowest BCUT2D eigenvalue weighted by Gasteiger charge is -2.28. The van der Waals surface area contributed by atoms with Gasteiger partial charge in [0.2, 0.25) is 0 Å². The maximum absolute atomic E-state index is 12.3. The number of halogens is 1. The molecule has 3 N–H and O–H groups in total. The fourth-order valence-electron chi connectivity index (χ4n) is 2.45. The van der Waals surface area contributed by atoms with Gasteiger partial charge in [0.25, 0.3) is 0 Å². The van der Waals surface area contributed by atoms with Crippen LogP contribution in [0.2, 0.25) is 5.02 Å². The Balaban J connectivity index is 2.53. The lowest BCUT2D eigenvalue weighted by atomic mass is 9.95. The van der Waals surface area contributed by atoms with Crippen molar-refractivity contribution < 1.29 is 24.2 Å². The number of amides is 2. The van der Waals surface area contributed by atoms with Gasteiger partial charge in [-0.05, 0) is 38.5 Å². The van der Waals surface area contributed by atoms with Gasteiger partial charge in [0, 0.05) is 5.70 Å². The summed E-state index contributed by atoms with van der Waals surface area (Å²) in [5.41, 5.74) is 1.16. The zero-order valence-corrected chi connectivity index (χ0v) is 14.4. The van der Waals surface area contributed by atoms with Crippen LogP contribution in [-0.2, 0) is 9.53 Å². The van der Waals surface area contributed by atoms with E-state index >= 15 is 0 Å². The average Bonchev–Trinajstić information content (AvgIpc) is 2.51. The van der Waals surface area contributed by atoms with Crippen LogP contribution in [0.15, 0.2) is 23.4 Å². The Morgan fingerprint density at radius 3 is 2.67 bits per heavy atom. The highest BCUT2D eigenvalue weighted by Crippen LogP contribution is 2.39. The highest BCUT2D eigenvalue weighted by molar-refractivity contribution is 6.32. The van der Waals surface area contributed by atoms with E-state index in [0.29, 0.717) is 17.9 Å². The van der Waals surface area contributed by atoms with Crippen molar-refractivity contribution in [2.45, 2.75) is 26.8 Å². The Hall–Kier alpha value is -2.41. The predicted molar refractivity (Wildman–Crippen MR) is 88.0 cm³/mol. The van der Waals surface area contributed by atoms with E-state index in [0.717, 1.165) is 0 Å². The van der Waals surface area contributed by atoms with Crippen molar-refractivity contribution in [1.82, 2.24) is 10.6 Å². The Kier molecular flexibility index (Phi) is 5.56. The summed E-state index contributed by atoms with van der Waals surface area (Å²) in [6, 6.07) is 1.79. The molecule has 0 spiro atoms. The number of urea groups is 1.